The molecule has 2 rings (SSSR count). The van der Waals surface area contributed by atoms with Gasteiger partial charge in [-0.1, -0.05) is 12.1 Å². The summed E-state index contributed by atoms with van der Waals surface area (Å²) >= 11 is 0. The van der Waals surface area contributed by atoms with Gasteiger partial charge >= 0.3 is 6.03 Å². The molecular weight excluding hydrogens is 280 g/mol. The van der Waals surface area contributed by atoms with Gasteiger partial charge in [-0.2, -0.15) is 0 Å². The van der Waals surface area contributed by atoms with Crippen LogP contribution in [0.3, 0.4) is 0 Å². The van der Waals surface area contributed by atoms with Crippen molar-refractivity contribution in [1.29, 1.82) is 0 Å². The molecule has 3 N–H and O–H groups in total. The number of urea groups is 1. The lowest BCUT2D eigenvalue weighted by Gasteiger charge is -2.31. The van der Waals surface area contributed by atoms with Gasteiger partial charge in [0.25, 0.3) is 0 Å². The number of hydrogen-bond donors (Lipinski definition) is 3. The zero-order valence-corrected chi connectivity index (χ0v) is 13.3. The molecule has 1 atom stereocenters. The molecule has 2 amide bonds. The number of benzene rings is 1. The first-order valence-electron chi connectivity index (χ1n) is 7.95. The third kappa shape index (κ3) is 4.63. The number of rotatable bonds is 4. The van der Waals surface area contributed by atoms with Crippen LogP contribution in [0.5, 0.6) is 5.75 Å². The van der Waals surface area contributed by atoms with Crippen molar-refractivity contribution in [3.63, 3.8) is 0 Å². The maximum Gasteiger partial charge on any atom is 0.317 e. The summed E-state index contributed by atoms with van der Waals surface area (Å²) in [6.45, 7) is 2.01. The van der Waals surface area contributed by atoms with Gasteiger partial charge in [0.2, 0.25) is 0 Å². The summed E-state index contributed by atoms with van der Waals surface area (Å²) in [5.41, 5.74) is 1.09. The predicted molar refractivity (Wildman–Crippen MR) is 85.8 cm³/mol. The summed E-state index contributed by atoms with van der Waals surface area (Å²) in [5.74, 6) is 0.252. The molecule has 22 heavy (non-hydrogen) atoms. The Morgan fingerprint density at radius 1 is 1.27 bits per heavy atom. The number of nitrogens with one attached hydrogen (secondary N) is 1. The van der Waals surface area contributed by atoms with Gasteiger partial charge in [-0.05, 0) is 56.7 Å². The van der Waals surface area contributed by atoms with E-state index in [2.05, 4.69) is 5.32 Å². The van der Waals surface area contributed by atoms with E-state index in [9.17, 15) is 15.0 Å². The summed E-state index contributed by atoms with van der Waals surface area (Å²) < 4.78 is 0. The number of carbonyl (C=O) groups is 1. The second-order valence-electron chi connectivity index (χ2n) is 6.29. The van der Waals surface area contributed by atoms with Crippen molar-refractivity contribution < 1.29 is 15.0 Å². The number of aliphatic hydroxyl groups is 1. The summed E-state index contributed by atoms with van der Waals surface area (Å²) in [6, 6.07) is 7.25. The molecule has 1 aliphatic carbocycles. The van der Waals surface area contributed by atoms with Crippen molar-refractivity contribution in [1.82, 2.24) is 10.2 Å². The molecule has 1 unspecified atom stereocenters. The topological polar surface area (TPSA) is 72.8 Å². The number of aliphatic hydroxyl groups excluding tert-OH is 1. The van der Waals surface area contributed by atoms with E-state index in [0.29, 0.717) is 0 Å². The first-order valence-corrected chi connectivity index (χ1v) is 7.95. The number of likely N-dealkylation sites (N-methyl/N-ethyl adjacent to an activating group) is 1. The Morgan fingerprint density at radius 3 is 2.45 bits per heavy atom. The van der Waals surface area contributed by atoms with Gasteiger partial charge in [0.15, 0.2) is 0 Å². The van der Waals surface area contributed by atoms with E-state index in [0.717, 1.165) is 37.7 Å². The zero-order chi connectivity index (χ0) is 16.1. The van der Waals surface area contributed by atoms with Crippen LogP contribution in [0.25, 0.3) is 0 Å². The standard InChI is InChI=1S/C17H26N2O3/c1-12(11-13-3-7-15(20)8-4-13)19(2)17(22)18-14-5-9-16(21)10-6-14/h3-4,7-8,12,14,16,20-21H,5-6,9-11H2,1-2H3,(H,18,22). The average Bonchev–Trinajstić information content (AvgIpc) is 2.51. The third-order valence-corrected chi connectivity index (χ3v) is 4.47. The van der Waals surface area contributed by atoms with Crippen molar-refractivity contribution in [3.05, 3.63) is 29.8 Å². The van der Waals surface area contributed by atoms with Gasteiger partial charge in [0.1, 0.15) is 5.75 Å². The number of phenols is 1. The fourth-order valence-electron chi connectivity index (χ4n) is 2.81. The molecule has 1 aromatic rings. The summed E-state index contributed by atoms with van der Waals surface area (Å²) in [5, 5.41) is 21.8. The molecule has 1 aromatic carbocycles. The summed E-state index contributed by atoms with van der Waals surface area (Å²) in [6.07, 6.45) is 3.74. The van der Waals surface area contributed by atoms with Crippen LogP contribution in [-0.2, 0) is 6.42 Å². The largest absolute Gasteiger partial charge is 0.508 e. The number of phenolic OH excluding ortho intramolecular Hbond substituents is 1. The minimum Gasteiger partial charge on any atom is -0.508 e. The zero-order valence-electron chi connectivity index (χ0n) is 13.3. The van der Waals surface area contributed by atoms with Crippen LogP contribution in [0, 0.1) is 0 Å². The van der Waals surface area contributed by atoms with Crippen LogP contribution in [-0.4, -0.2) is 46.4 Å². The molecule has 5 nitrogen and oxygen atoms in total. The molecule has 1 fully saturated rings. The lowest BCUT2D eigenvalue weighted by Crippen LogP contribution is -2.48. The molecule has 5 heteroatoms. The fourth-order valence-corrected chi connectivity index (χ4v) is 2.81. The minimum atomic E-state index is -0.209. The third-order valence-electron chi connectivity index (χ3n) is 4.47. The Kier molecular flexibility index (Phi) is 5.66. The number of carbonyl (C=O) groups excluding carboxylic acids is 1. The Labute approximate surface area is 131 Å². The van der Waals surface area contributed by atoms with E-state index in [1.807, 2.05) is 19.1 Å². The number of hydrogen-bond acceptors (Lipinski definition) is 3. The molecule has 1 saturated carbocycles. The fraction of sp³-hybridized carbons (Fsp3) is 0.588. The Hall–Kier alpha value is -1.75. The lowest BCUT2D eigenvalue weighted by atomic mass is 9.93. The van der Waals surface area contributed by atoms with Gasteiger partial charge in [0, 0.05) is 19.1 Å². The lowest BCUT2D eigenvalue weighted by molar-refractivity contribution is 0.115. The van der Waals surface area contributed by atoms with Gasteiger partial charge in [-0.25, -0.2) is 4.79 Å². The average molecular weight is 306 g/mol. The van der Waals surface area contributed by atoms with Crippen molar-refractivity contribution in [2.75, 3.05) is 7.05 Å². The van der Waals surface area contributed by atoms with Crippen molar-refractivity contribution in [2.24, 2.45) is 0 Å². The molecule has 0 bridgehead atoms. The highest BCUT2D eigenvalue weighted by molar-refractivity contribution is 5.74. The highest BCUT2D eigenvalue weighted by Crippen LogP contribution is 2.19. The second-order valence-corrected chi connectivity index (χ2v) is 6.29. The van der Waals surface area contributed by atoms with Crippen molar-refractivity contribution in [3.8, 4) is 5.75 Å². The second kappa shape index (κ2) is 7.49. The van der Waals surface area contributed by atoms with Crippen LogP contribution < -0.4 is 5.32 Å². The van der Waals surface area contributed by atoms with Crippen LogP contribution in [0.4, 0.5) is 4.79 Å². The SMILES string of the molecule is CC(Cc1ccc(O)cc1)N(C)C(=O)NC1CCC(O)CC1. The number of amides is 2. The smallest absolute Gasteiger partial charge is 0.317 e. The molecule has 0 spiro atoms. The van der Waals surface area contributed by atoms with E-state index in [4.69, 9.17) is 0 Å². The Morgan fingerprint density at radius 2 is 1.86 bits per heavy atom. The van der Waals surface area contributed by atoms with E-state index in [1.54, 1.807) is 24.1 Å². The normalized spacial score (nSPS) is 22.9. The summed E-state index contributed by atoms with van der Waals surface area (Å²) in [4.78, 5) is 14.0. The van der Waals surface area contributed by atoms with Crippen LogP contribution in [0.1, 0.15) is 38.2 Å². The van der Waals surface area contributed by atoms with Gasteiger partial charge in [-0.15, -0.1) is 0 Å². The minimum absolute atomic E-state index is 0.0623. The first kappa shape index (κ1) is 16.6. The number of aromatic hydroxyl groups is 1. The van der Waals surface area contributed by atoms with Crippen molar-refractivity contribution >= 4 is 6.03 Å². The maximum atomic E-state index is 12.3. The van der Waals surface area contributed by atoms with Gasteiger partial charge in [0.05, 0.1) is 6.10 Å². The van der Waals surface area contributed by atoms with Crippen molar-refractivity contribution in [2.45, 2.75) is 57.2 Å². The Bertz CT molecular complexity index is 481. The molecular formula is C17H26N2O3. The van der Waals surface area contributed by atoms with Gasteiger partial charge < -0.3 is 20.4 Å². The molecule has 0 heterocycles. The monoisotopic (exact) mass is 306 g/mol. The van der Waals surface area contributed by atoms with E-state index < -0.39 is 0 Å². The quantitative estimate of drug-likeness (QED) is 0.799. The first-order chi connectivity index (χ1) is 10.5. The van der Waals surface area contributed by atoms with Crippen LogP contribution in [0.15, 0.2) is 24.3 Å². The molecule has 0 saturated heterocycles. The Balaban J connectivity index is 1.82. The molecule has 122 valence electrons. The van der Waals surface area contributed by atoms with Crippen LogP contribution >= 0.6 is 0 Å². The maximum absolute atomic E-state index is 12.3. The highest BCUT2D eigenvalue weighted by Gasteiger charge is 2.23. The highest BCUT2D eigenvalue weighted by atomic mass is 16.3. The molecule has 1 aliphatic rings. The summed E-state index contributed by atoms with van der Waals surface area (Å²) in [7, 11) is 1.80. The van der Waals surface area contributed by atoms with Crippen LogP contribution in [0.2, 0.25) is 0 Å². The van der Waals surface area contributed by atoms with E-state index in [-0.39, 0.29) is 30.0 Å². The number of nitrogens with zero attached hydrogens (tertiary/aromatic N) is 1. The molecule has 0 radical (unpaired) electrons. The van der Waals surface area contributed by atoms with E-state index >= 15 is 0 Å². The van der Waals surface area contributed by atoms with Gasteiger partial charge in [-0.3, -0.25) is 0 Å². The van der Waals surface area contributed by atoms with E-state index in [1.165, 1.54) is 0 Å². The molecule has 0 aromatic heterocycles. The predicted octanol–water partition coefficient (Wildman–Crippen LogP) is 2.27. The molecule has 0 aliphatic heterocycles.